The van der Waals surface area contributed by atoms with Crippen LogP contribution in [0.25, 0.3) is 0 Å². The second-order valence-electron chi connectivity index (χ2n) is 5.72. The molecule has 1 heterocycles. The fourth-order valence-corrected chi connectivity index (χ4v) is 2.46. The zero-order valence-corrected chi connectivity index (χ0v) is 14.2. The average Bonchev–Trinajstić information content (AvgIpc) is 2.68. The van der Waals surface area contributed by atoms with Crippen LogP contribution in [0.1, 0.15) is 22.5 Å². The number of rotatable bonds is 7. The number of hydrogen-bond donors (Lipinski definition) is 2. The predicted molar refractivity (Wildman–Crippen MR) is 99.6 cm³/mol. The summed E-state index contributed by atoms with van der Waals surface area (Å²) in [6.45, 7) is 0.688. The summed E-state index contributed by atoms with van der Waals surface area (Å²) in [5.74, 6) is -0.599. The van der Waals surface area contributed by atoms with Gasteiger partial charge < -0.3 is 10.6 Å². The molecule has 0 saturated carbocycles. The molecule has 2 aromatic carbocycles. The van der Waals surface area contributed by atoms with Crippen molar-refractivity contribution in [2.75, 3.05) is 17.2 Å². The van der Waals surface area contributed by atoms with Crippen LogP contribution in [-0.4, -0.2) is 22.4 Å². The number of aryl methyl sites for hydroxylation is 1. The molecule has 5 nitrogen and oxygen atoms in total. The standard InChI is InChI=1S/C20H19FN4O/c21-16-10-4-5-11-17(16)24-19(26)18-12-14-23-20(25-18)22-13-6-9-15-7-2-1-3-8-15/h1-5,7-8,10-12,14H,6,9,13H2,(H,24,26)(H,22,23,25). The first-order valence-electron chi connectivity index (χ1n) is 8.39. The maximum absolute atomic E-state index is 13.6. The highest BCUT2D eigenvalue weighted by molar-refractivity contribution is 6.03. The number of amides is 1. The van der Waals surface area contributed by atoms with E-state index in [-0.39, 0.29) is 11.4 Å². The maximum atomic E-state index is 13.6. The van der Waals surface area contributed by atoms with E-state index < -0.39 is 11.7 Å². The minimum absolute atomic E-state index is 0.119. The zero-order chi connectivity index (χ0) is 18.2. The maximum Gasteiger partial charge on any atom is 0.274 e. The Morgan fingerprint density at radius 2 is 1.77 bits per heavy atom. The van der Waals surface area contributed by atoms with Gasteiger partial charge in [0.2, 0.25) is 5.95 Å². The summed E-state index contributed by atoms with van der Waals surface area (Å²) < 4.78 is 13.6. The fraction of sp³-hybridized carbons (Fsp3) is 0.150. The van der Waals surface area contributed by atoms with E-state index in [0.29, 0.717) is 12.5 Å². The fourth-order valence-electron chi connectivity index (χ4n) is 2.46. The first kappa shape index (κ1) is 17.5. The minimum Gasteiger partial charge on any atom is -0.354 e. The number of nitrogens with zero attached hydrogens (tertiary/aromatic N) is 2. The lowest BCUT2D eigenvalue weighted by atomic mass is 10.1. The summed E-state index contributed by atoms with van der Waals surface area (Å²) in [7, 11) is 0. The quantitative estimate of drug-likeness (QED) is 0.634. The highest BCUT2D eigenvalue weighted by Crippen LogP contribution is 2.13. The number of halogens is 1. The van der Waals surface area contributed by atoms with Gasteiger partial charge in [-0.3, -0.25) is 4.79 Å². The highest BCUT2D eigenvalue weighted by Gasteiger charge is 2.11. The molecule has 132 valence electrons. The van der Waals surface area contributed by atoms with Crippen LogP contribution < -0.4 is 10.6 Å². The molecule has 0 fully saturated rings. The Bertz CT molecular complexity index is 870. The van der Waals surface area contributed by atoms with Crippen molar-refractivity contribution < 1.29 is 9.18 Å². The van der Waals surface area contributed by atoms with Gasteiger partial charge in [0.15, 0.2) is 0 Å². The van der Waals surface area contributed by atoms with Crippen molar-refractivity contribution in [2.45, 2.75) is 12.8 Å². The molecule has 1 amide bonds. The molecular weight excluding hydrogens is 331 g/mol. The van der Waals surface area contributed by atoms with Gasteiger partial charge in [-0.2, -0.15) is 0 Å². The van der Waals surface area contributed by atoms with E-state index in [1.54, 1.807) is 12.1 Å². The van der Waals surface area contributed by atoms with E-state index in [1.807, 2.05) is 18.2 Å². The largest absolute Gasteiger partial charge is 0.354 e. The van der Waals surface area contributed by atoms with Crippen LogP contribution in [0.2, 0.25) is 0 Å². The van der Waals surface area contributed by atoms with Gasteiger partial charge in [-0.25, -0.2) is 14.4 Å². The van der Waals surface area contributed by atoms with Crippen LogP contribution in [0.15, 0.2) is 66.9 Å². The third-order valence-electron chi connectivity index (χ3n) is 3.78. The lowest BCUT2D eigenvalue weighted by Crippen LogP contribution is -2.16. The van der Waals surface area contributed by atoms with E-state index in [9.17, 15) is 9.18 Å². The number of aromatic nitrogens is 2. The molecular formula is C20H19FN4O. The van der Waals surface area contributed by atoms with Crippen LogP contribution >= 0.6 is 0 Å². The van der Waals surface area contributed by atoms with Crippen LogP contribution in [0, 0.1) is 5.82 Å². The highest BCUT2D eigenvalue weighted by atomic mass is 19.1. The number of anilines is 2. The molecule has 0 saturated heterocycles. The molecule has 6 heteroatoms. The van der Waals surface area contributed by atoms with Crippen LogP contribution in [0.4, 0.5) is 16.0 Å². The molecule has 0 aliphatic rings. The smallest absolute Gasteiger partial charge is 0.274 e. The van der Waals surface area contributed by atoms with E-state index >= 15 is 0 Å². The zero-order valence-electron chi connectivity index (χ0n) is 14.2. The average molecular weight is 350 g/mol. The van der Waals surface area contributed by atoms with E-state index in [0.717, 1.165) is 12.8 Å². The van der Waals surface area contributed by atoms with E-state index in [2.05, 4.69) is 32.7 Å². The van der Waals surface area contributed by atoms with Crippen molar-refractivity contribution in [3.05, 3.63) is 83.9 Å². The number of hydrogen-bond acceptors (Lipinski definition) is 4. The third-order valence-corrected chi connectivity index (χ3v) is 3.78. The summed E-state index contributed by atoms with van der Waals surface area (Å²) in [5.41, 5.74) is 1.57. The number of para-hydroxylation sites is 1. The molecule has 1 aromatic heterocycles. The molecule has 0 aliphatic carbocycles. The monoisotopic (exact) mass is 350 g/mol. The Kier molecular flexibility index (Phi) is 5.88. The van der Waals surface area contributed by atoms with Gasteiger partial charge in [0.1, 0.15) is 11.5 Å². The van der Waals surface area contributed by atoms with Crippen molar-refractivity contribution in [1.29, 1.82) is 0 Å². The first-order valence-corrected chi connectivity index (χ1v) is 8.39. The van der Waals surface area contributed by atoms with Gasteiger partial charge in [0.25, 0.3) is 5.91 Å². The van der Waals surface area contributed by atoms with Crippen molar-refractivity contribution in [1.82, 2.24) is 9.97 Å². The number of carbonyl (C=O) groups is 1. The van der Waals surface area contributed by atoms with Crippen LogP contribution in [0.3, 0.4) is 0 Å². The van der Waals surface area contributed by atoms with Crippen molar-refractivity contribution in [2.24, 2.45) is 0 Å². The Morgan fingerprint density at radius 3 is 2.58 bits per heavy atom. The molecule has 3 rings (SSSR count). The Balaban J connectivity index is 1.54. The Hall–Kier alpha value is -3.28. The second kappa shape index (κ2) is 8.71. The van der Waals surface area contributed by atoms with Gasteiger partial charge >= 0.3 is 0 Å². The SMILES string of the molecule is O=C(Nc1ccccc1F)c1ccnc(NCCCc2ccccc2)n1. The van der Waals surface area contributed by atoms with Crippen molar-refractivity contribution >= 4 is 17.5 Å². The summed E-state index contributed by atoms with van der Waals surface area (Å²) in [6, 6.07) is 17.7. The molecule has 0 unspecified atom stereocenters. The van der Waals surface area contributed by atoms with Crippen LogP contribution in [-0.2, 0) is 6.42 Å². The van der Waals surface area contributed by atoms with Crippen LogP contribution in [0.5, 0.6) is 0 Å². The molecule has 0 radical (unpaired) electrons. The molecule has 0 spiro atoms. The molecule has 0 bridgehead atoms. The molecule has 3 aromatic rings. The molecule has 2 N–H and O–H groups in total. The Morgan fingerprint density at radius 1 is 1.00 bits per heavy atom. The number of benzene rings is 2. The summed E-state index contributed by atoms with van der Waals surface area (Å²) in [6.07, 6.45) is 3.36. The number of carbonyl (C=O) groups excluding carboxylic acids is 1. The summed E-state index contributed by atoms with van der Waals surface area (Å²) in [5, 5.41) is 5.62. The molecule has 0 atom stereocenters. The molecule has 0 aliphatic heterocycles. The molecule has 26 heavy (non-hydrogen) atoms. The Labute approximate surface area is 151 Å². The van der Waals surface area contributed by atoms with Crippen molar-refractivity contribution in [3.8, 4) is 0 Å². The normalized spacial score (nSPS) is 10.3. The topological polar surface area (TPSA) is 66.9 Å². The van der Waals surface area contributed by atoms with E-state index in [1.165, 1.54) is 30.0 Å². The van der Waals surface area contributed by atoms with E-state index in [4.69, 9.17) is 0 Å². The number of nitrogens with one attached hydrogen (secondary N) is 2. The van der Waals surface area contributed by atoms with Crippen molar-refractivity contribution in [3.63, 3.8) is 0 Å². The summed E-state index contributed by atoms with van der Waals surface area (Å²) >= 11 is 0. The second-order valence-corrected chi connectivity index (χ2v) is 5.72. The van der Waals surface area contributed by atoms with Gasteiger partial charge in [-0.1, -0.05) is 42.5 Å². The van der Waals surface area contributed by atoms with Gasteiger partial charge in [0, 0.05) is 12.7 Å². The van der Waals surface area contributed by atoms with Gasteiger partial charge in [-0.15, -0.1) is 0 Å². The predicted octanol–water partition coefficient (Wildman–Crippen LogP) is 3.91. The summed E-state index contributed by atoms with van der Waals surface area (Å²) in [4.78, 5) is 20.5. The lowest BCUT2D eigenvalue weighted by Gasteiger charge is -2.08. The van der Waals surface area contributed by atoms with Gasteiger partial charge in [0.05, 0.1) is 5.69 Å². The lowest BCUT2D eigenvalue weighted by molar-refractivity contribution is 0.102. The minimum atomic E-state index is -0.492. The van der Waals surface area contributed by atoms with Gasteiger partial charge in [-0.05, 0) is 36.6 Å². The first-order chi connectivity index (χ1) is 12.7. The third kappa shape index (κ3) is 4.86.